The van der Waals surface area contributed by atoms with E-state index in [2.05, 4.69) is 15.4 Å². The van der Waals surface area contributed by atoms with Gasteiger partial charge in [-0.25, -0.2) is 9.67 Å². The highest BCUT2D eigenvalue weighted by molar-refractivity contribution is 6.38. The molecule has 4 aromatic rings. The van der Waals surface area contributed by atoms with Gasteiger partial charge in [-0.15, -0.1) is 0 Å². The summed E-state index contributed by atoms with van der Waals surface area (Å²) in [5.74, 6) is -1.86. The molecule has 0 saturated carbocycles. The summed E-state index contributed by atoms with van der Waals surface area (Å²) in [5, 5.41) is 8.03. The van der Waals surface area contributed by atoms with Crippen molar-refractivity contribution in [2.24, 2.45) is 5.73 Å². The monoisotopic (exact) mass is 537 g/mol. The molecule has 3 N–H and O–H groups in total. The predicted molar refractivity (Wildman–Crippen MR) is 139 cm³/mol. The number of pyridine rings is 1. The fourth-order valence-corrected chi connectivity index (χ4v) is 4.16. The first-order valence-corrected chi connectivity index (χ1v) is 11.8. The first-order valence-electron chi connectivity index (χ1n) is 11.0. The lowest BCUT2D eigenvalue weighted by atomic mass is 10.0. The minimum Gasteiger partial charge on any atom is -0.497 e. The Balaban J connectivity index is 1.61. The molecule has 11 heteroatoms. The van der Waals surface area contributed by atoms with E-state index in [0.29, 0.717) is 32.6 Å². The molecule has 0 fully saturated rings. The van der Waals surface area contributed by atoms with Crippen LogP contribution in [0, 0.1) is 0 Å². The van der Waals surface area contributed by atoms with Gasteiger partial charge in [0.05, 0.1) is 23.4 Å². The summed E-state index contributed by atoms with van der Waals surface area (Å²) in [4.78, 5) is 41.8. The number of halogens is 2. The fraction of sp³-hybridized carbons (Fsp3) is 0.115. The van der Waals surface area contributed by atoms with Gasteiger partial charge in [-0.1, -0.05) is 35.3 Å². The van der Waals surface area contributed by atoms with E-state index in [9.17, 15) is 14.4 Å². The summed E-state index contributed by atoms with van der Waals surface area (Å²) >= 11 is 12.3. The summed E-state index contributed by atoms with van der Waals surface area (Å²) in [6.45, 7) is 0. The molecule has 188 valence electrons. The molecule has 0 saturated heterocycles. The second-order valence-corrected chi connectivity index (χ2v) is 8.79. The van der Waals surface area contributed by atoms with Crippen LogP contribution in [0.1, 0.15) is 15.9 Å². The summed E-state index contributed by atoms with van der Waals surface area (Å²) in [5.41, 5.74) is 7.27. The number of nitrogens with zero attached hydrogens (tertiary/aromatic N) is 3. The first kappa shape index (κ1) is 25.9. The topological polar surface area (TPSA) is 129 Å². The van der Waals surface area contributed by atoms with E-state index in [1.165, 1.54) is 24.1 Å². The van der Waals surface area contributed by atoms with Crippen LogP contribution in [0.25, 0.3) is 17.1 Å². The number of hydrogen-bond donors (Lipinski definition) is 2. The summed E-state index contributed by atoms with van der Waals surface area (Å²) in [6.07, 6.45) is 3.18. The van der Waals surface area contributed by atoms with E-state index in [1.807, 2.05) is 0 Å². The average Bonchev–Trinajstić information content (AvgIpc) is 3.38. The van der Waals surface area contributed by atoms with Crippen molar-refractivity contribution in [2.45, 2.75) is 12.5 Å². The molecule has 0 aliphatic heterocycles. The van der Waals surface area contributed by atoms with Gasteiger partial charge >= 0.3 is 0 Å². The zero-order valence-corrected chi connectivity index (χ0v) is 21.0. The standard InChI is InChI=1S/C26H21Cl2N5O4/c1-37-17-7-4-15(5-8-17)13-22(23(34)24(29)35)31-26(36)19-3-2-11-30-25(19)33-12-10-21(32-33)18-9-6-16(27)14-20(18)28/h2-12,14,22H,13H2,1H3,(H2,29,35)(H,31,36). The van der Waals surface area contributed by atoms with Crippen LogP contribution < -0.4 is 15.8 Å². The van der Waals surface area contributed by atoms with E-state index in [0.717, 1.165) is 0 Å². The Morgan fingerprint density at radius 2 is 1.84 bits per heavy atom. The summed E-state index contributed by atoms with van der Waals surface area (Å²) in [6, 6.07) is 15.6. The van der Waals surface area contributed by atoms with Crippen LogP contribution in [0.5, 0.6) is 5.75 Å². The second kappa shape index (κ2) is 11.2. The van der Waals surface area contributed by atoms with Gasteiger partial charge in [0, 0.05) is 29.4 Å². The Morgan fingerprint density at radius 3 is 2.51 bits per heavy atom. The van der Waals surface area contributed by atoms with Crippen molar-refractivity contribution in [1.82, 2.24) is 20.1 Å². The van der Waals surface area contributed by atoms with E-state index in [4.69, 9.17) is 33.7 Å². The molecular weight excluding hydrogens is 517 g/mol. The van der Waals surface area contributed by atoms with Gasteiger partial charge in [0.1, 0.15) is 11.8 Å². The molecule has 0 spiro atoms. The molecule has 0 bridgehead atoms. The van der Waals surface area contributed by atoms with Crippen LogP contribution in [-0.4, -0.2) is 45.5 Å². The third-order valence-electron chi connectivity index (χ3n) is 5.51. The number of Topliss-reactive ketones (excluding diaryl/α,β-unsaturated/α-hetero) is 1. The maximum absolute atomic E-state index is 13.3. The zero-order valence-electron chi connectivity index (χ0n) is 19.5. The molecule has 37 heavy (non-hydrogen) atoms. The second-order valence-electron chi connectivity index (χ2n) is 7.95. The number of amides is 2. The number of ketones is 1. The number of carbonyl (C=O) groups is 3. The van der Waals surface area contributed by atoms with Crippen LogP contribution in [0.4, 0.5) is 0 Å². The SMILES string of the molecule is COc1ccc(CC(NC(=O)c2cccnc2-n2ccc(-c3ccc(Cl)cc3Cl)n2)C(=O)C(N)=O)cc1. The molecule has 1 atom stereocenters. The largest absolute Gasteiger partial charge is 0.497 e. The highest BCUT2D eigenvalue weighted by atomic mass is 35.5. The number of aromatic nitrogens is 3. The van der Waals surface area contributed by atoms with E-state index in [-0.39, 0.29) is 17.8 Å². The molecule has 0 radical (unpaired) electrons. The zero-order chi connectivity index (χ0) is 26.5. The number of nitrogens with two attached hydrogens (primary N) is 1. The summed E-state index contributed by atoms with van der Waals surface area (Å²) in [7, 11) is 1.53. The molecule has 0 aliphatic rings. The van der Waals surface area contributed by atoms with Gasteiger partial charge in [-0.05, 0) is 54.1 Å². The molecule has 0 aliphatic carbocycles. The highest BCUT2D eigenvalue weighted by Crippen LogP contribution is 2.29. The van der Waals surface area contributed by atoms with Crippen molar-refractivity contribution in [3.05, 3.63) is 94.2 Å². The lowest BCUT2D eigenvalue weighted by Gasteiger charge is -2.17. The Morgan fingerprint density at radius 1 is 1.08 bits per heavy atom. The molecule has 9 nitrogen and oxygen atoms in total. The van der Waals surface area contributed by atoms with Crippen molar-refractivity contribution in [3.8, 4) is 22.8 Å². The van der Waals surface area contributed by atoms with Gasteiger partial charge in [0.25, 0.3) is 11.8 Å². The third kappa shape index (κ3) is 5.96. The van der Waals surface area contributed by atoms with Crippen LogP contribution in [-0.2, 0) is 16.0 Å². The van der Waals surface area contributed by atoms with Crippen molar-refractivity contribution in [3.63, 3.8) is 0 Å². The van der Waals surface area contributed by atoms with E-state index in [1.54, 1.807) is 60.8 Å². The number of carbonyl (C=O) groups excluding carboxylic acids is 3. The molecule has 2 aromatic heterocycles. The lowest BCUT2D eigenvalue weighted by molar-refractivity contribution is -0.137. The number of rotatable bonds is 9. The number of ether oxygens (including phenoxy) is 1. The van der Waals surface area contributed by atoms with Crippen LogP contribution in [0.15, 0.2) is 73.1 Å². The lowest BCUT2D eigenvalue weighted by Crippen LogP contribution is -2.47. The van der Waals surface area contributed by atoms with Gasteiger partial charge < -0.3 is 15.8 Å². The Kier molecular flexibility index (Phi) is 7.86. The van der Waals surface area contributed by atoms with Crippen molar-refractivity contribution >= 4 is 40.8 Å². The fourth-order valence-electron chi connectivity index (χ4n) is 3.65. The number of methoxy groups -OCH3 is 1. The molecule has 2 heterocycles. The maximum Gasteiger partial charge on any atom is 0.287 e. The molecular formula is C26H21Cl2N5O4. The average molecular weight is 538 g/mol. The third-order valence-corrected chi connectivity index (χ3v) is 6.06. The molecule has 2 amide bonds. The Hall–Kier alpha value is -4.21. The molecule has 4 rings (SSSR count). The maximum atomic E-state index is 13.3. The predicted octanol–water partition coefficient (Wildman–Crippen LogP) is 3.65. The van der Waals surface area contributed by atoms with Gasteiger partial charge in [0.2, 0.25) is 5.78 Å². The van der Waals surface area contributed by atoms with Crippen LogP contribution in [0.2, 0.25) is 10.0 Å². The van der Waals surface area contributed by atoms with Crippen molar-refractivity contribution < 1.29 is 19.1 Å². The van der Waals surface area contributed by atoms with Crippen LogP contribution in [0.3, 0.4) is 0 Å². The highest BCUT2D eigenvalue weighted by Gasteiger charge is 2.27. The Bertz CT molecular complexity index is 1470. The van der Waals surface area contributed by atoms with Crippen molar-refractivity contribution in [1.29, 1.82) is 0 Å². The molecule has 1 unspecified atom stereocenters. The smallest absolute Gasteiger partial charge is 0.287 e. The van der Waals surface area contributed by atoms with E-state index >= 15 is 0 Å². The van der Waals surface area contributed by atoms with E-state index < -0.39 is 23.6 Å². The first-order chi connectivity index (χ1) is 17.8. The molecule has 2 aromatic carbocycles. The van der Waals surface area contributed by atoms with Gasteiger partial charge in [-0.3, -0.25) is 14.4 Å². The minimum atomic E-state index is -1.19. The number of primary amides is 1. The van der Waals surface area contributed by atoms with Gasteiger partial charge in [0.15, 0.2) is 5.82 Å². The normalized spacial score (nSPS) is 11.5. The Labute approximate surface area is 222 Å². The van der Waals surface area contributed by atoms with Crippen molar-refractivity contribution in [2.75, 3.05) is 7.11 Å². The van der Waals surface area contributed by atoms with Crippen LogP contribution >= 0.6 is 23.2 Å². The number of hydrogen-bond acceptors (Lipinski definition) is 6. The number of nitrogens with one attached hydrogen (secondary N) is 1. The quantitative estimate of drug-likeness (QED) is 0.313. The summed E-state index contributed by atoms with van der Waals surface area (Å²) < 4.78 is 6.56. The van der Waals surface area contributed by atoms with Gasteiger partial charge in [-0.2, -0.15) is 5.10 Å². The minimum absolute atomic E-state index is 0.0497. The number of benzene rings is 2.